The van der Waals surface area contributed by atoms with Crippen LogP contribution in [0.4, 0.5) is 0 Å². The van der Waals surface area contributed by atoms with Crippen molar-refractivity contribution in [3.8, 4) is 5.69 Å². The van der Waals surface area contributed by atoms with E-state index >= 15 is 0 Å². The number of fused-ring (bicyclic) bond motifs is 3. The molecule has 2 aromatic rings. The van der Waals surface area contributed by atoms with Crippen LogP contribution in [-0.2, 0) is 13.1 Å². The Morgan fingerprint density at radius 1 is 1.20 bits per heavy atom. The lowest BCUT2D eigenvalue weighted by Crippen LogP contribution is -2.11. The molecule has 1 aromatic heterocycles. The van der Waals surface area contributed by atoms with Crippen LogP contribution in [0.25, 0.3) is 5.69 Å². The molecule has 1 aromatic carbocycles. The Kier molecular flexibility index (Phi) is 1.82. The van der Waals surface area contributed by atoms with Gasteiger partial charge in [-0.3, -0.25) is 4.57 Å². The molecule has 0 atom stereocenters. The Morgan fingerprint density at radius 2 is 2.07 bits per heavy atom. The van der Waals surface area contributed by atoms with Crippen LogP contribution in [0, 0.1) is 6.92 Å². The highest BCUT2D eigenvalue weighted by Crippen LogP contribution is 2.20. The Bertz CT molecular complexity index is 501. The lowest BCUT2D eigenvalue weighted by molar-refractivity contribution is 0.674. The Morgan fingerprint density at radius 3 is 3.00 bits per heavy atom. The second-order valence-electron chi connectivity index (χ2n) is 3.73. The molecule has 0 spiro atoms. The van der Waals surface area contributed by atoms with Gasteiger partial charge in [0.05, 0.1) is 12.2 Å². The van der Waals surface area contributed by atoms with Crippen LogP contribution in [0.15, 0.2) is 24.3 Å². The van der Waals surface area contributed by atoms with Crippen molar-refractivity contribution < 1.29 is 0 Å². The molecule has 0 bridgehead atoms. The smallest absolute Gasteiger partial charge is 0.151 e. The van der Waals surface area contributed by atoms with Crippen molar-refractivity contribution in [3.63, 3.8) is 0 Å². The third kappa shape index (κ3) is 1.26. The van der Waals surface area contributed by atoms with Crippen LogP contribution in [0.2, 0.25) is 0 Å². The average molecular weight is 200 g/mol. The van der Waals surface area contributed by atoms with Crippen molar-refractivity contribution in [3.05, 3.63) is 41.5 Å². The Labute approximate surface area is 88.0 Å². The quantitative estimate of drug-likeness (QED) is 0.694. The number of nitrogens with zero attached hydrogens (tertiary/aromatic N) is 3. The monoisotopic (exact) mass is 200 g/mol. The van der Waals surface area contributed by atoms with E-state index in [1.807, 2.05) is 13.0 Å². The van der Waals surface area contributed by atoms with E-state index in [1.165, 1.54) is 11.3 Å². The number of aromatic nitrogens is 3. The van der Waals surface area contributed by atoms with Gasteiger partial charge in [0.1, 0.15) is 5.82 Å². The summed E-state index contributed by atoms with van der Waals surface area (Å²) in [5, 5.41) is 11.6. The molecule has 0 aliphatic carbocycles. The van der Waals surface area contributed by atoms with E-state index < -0.39 is 0 Å². The molecule has 1 aliphatic rings. The van der Waals surface area contributed by atoms with Gasteiger partial charge in [0.15, 0.2) is 5.82 Å². The number of aryl methyl sites for hydroxylation is 1. The second kappa shape index (κ2) is 3.17. The summed E-state index contributed by atoms with van der Waals surface area (Å²) >= 11 is 0. The summed E-state index contributed by atoms with van der Waals surface area (Å²) in [5.41, 5.74) is 2.49. The number of hydrogen-bond donors (Lipinski definition) is 1. The van der Waals surface area contributed by atoms with E-state index in [4.69, 9.17) is 0 Å². The summed E-state index contributed by atoms with van der Waals surface area (Å²) in [6.45, 7) is 3.65. The summed E-state index contributed by atoms with van der Waals surface area (Å²) < 4.78 is 2.12. The maximum Gasteiger partial charge on any atom is 0.151 e. The van der Waals surface area contributed by atoms with E-state index in [0.717, 1.165) is 24.7 Å². The molecule has 2 heterocycles. The first-order chi connectivity index (χ1) is 7.36. The highest BCUT2D eigenvalue weighted by atomic mass is 15.3. The van der Waals surface area contributed by atoms with Gasteiger partial charge in [0.2, 0.25) is 0 Å². The number of nitrogens with one attached hydrogen (secondary N) is 1. The molecule has 0 saturated heterocycles. The minimum absolute atomic E-state index is 0.773. The minimum Gasteiger partial charge on any atom is -0.306 e. The summed E-state index contributed by atoms with van der Waals surface area (Å²) in [6.07, 6.45) is 0. The molecular formula is C11H12N4. The van der Waals surface area contributed by atoms with E-state index in [2.05, 4.69) is 38.3 Å². The predicted molar refractivity (Wildman–Crippen MR) is 56.6 cm³/mol. The average Bonchev–Trinajstić information content (AvgIpc) is 2.52. The van der Waals surface area contributed by atoms with E-state index in [1.54, 1.807) is 0 Å². The highest BCUT2D eigenvalue weighted by Gasteiger charge is 2.16. The molecule has 1 N–H and O–H groups in total. The van der Waals surface area contributed by atoms with Crippen molar-refractivity contribution in [1.29, 1.82) is 0 Å². The van der Waals surface area contributed by atoms with Gasteiger partial charge in [-0.15, -0.1) is 10.2 Å². The molecule has 4 nitrogen and oxygen atoms in total. The summed E-state index contributed by atoms with van der Waals surface area (Å²) in [5.74, 6) is 1.93. The van der Waals surface area contributed by atoms with Crippen LogP contribution >= 0.6 is 0 Å². The van der Waals surface area contributed by atoms with Gasteiger partial charge in [0.25, 0.3) is 0 Å². The summed E-state index contributed by atoms with van der Waals surface area (Å²) in [4.78, 5) is 0. The molecule has 0 unspecified atom stereocenters. The van der Waals surface area contributed by atoms with Crippen molar-refractivity contribution in [2.24, 2.45) is 0 Å². The third-order valence-electron chi connectivity index (χ3n) is 2.72. The van der Waals surface area contributed by atoms with E-state index in [0.29, 0.717) is 0 Å². The fourth-order valence-corrected chi connectivity index (χ4v) is 2.02. The molecule has 0 radical (unpaired) electrons. The van der Waals surface area contributed by atoms with Gasteiger partial charge in [-0.25, -0.2) is 0 Å². The largest absolute Gasteiger partial charge is 0.306 e. The van der Waals surface area contributed by atoms with Gasteiger partial charge in [-0.2, -0.15) is 0 Å². The first-order valence-electron chi connectivity index (χ1n) is 5.06. The van der Waals surface area contributed by atoms with Crippen molar-refractivity contribution in [2.45, 2.75) is 20.0 Å². The lowest BCUT2D eigenvalue weighted by Gasteiger charge is -2.08. The fourth-order valence-electron chi connectivity index (χ4n) is 2.02. The van der Waals surface area contributed by atoms with Gasteiger partial charge in [-0.1, -0.05) is 18.2 Å². The first kappa shape index (κ1) is 8.61. The van der Waals surface area contributed by atoms with E-state index in [-0.39, 0.29) is 0 Å². The summed E-state index contributed by atoms with van der Waals surface area (Å²) in [7, 11) is 0. The molecule has 15 heavy (non-hydrogen) atoms. The SMILES string of the molecule is Cc1nnc2n1-c1ccccc1CNC2. The maximum absolute atomic E-state index is 4.17. The maximum atomic E-state index is 4.17. The zero-order valence-electron chi connectivity index (χ0n) is 8.57. The van der Waals surface area contributed by atoms with Crippen molar-refractivity contribution in [1.82, 2.24) is 20.1 Å². The lowest BCUT2D eigenvalue weighted by atomic mass is 10.2. The molecule has 0 fully saturated rings. The van der Waals surface area contributed by atoms with Gasteiger partial charge >= 0.3 is 0 Å². The Balaban J connectivity index is 2.30. The van der Waals surface area contributed by atoms with Gasteiger partial charge < -0.3 is 5.32 Å². The van der Waals surface area contributed by atoms with Crippen LogP contribution in [0.5, 0.6) is 0 Å². The van der Waals surface area contributed by atoms with Crippen LogP contribution in [0.3, 0.4) is 0 Å². The molecule has 3 rings (SSSR count). The predicted octanol–water partition coefficient (Wildman–Crippen LogP) is 1.18. The topological polar surface area (TPSA) is 42.7 Å². The van der Waals surface area contributed by atoms with E-state index in [9.17, 15) is 0 Å². The first-order valence-corrected chi connectivity index (χ1v) is 5.06. The zero-order valence-corrected chi connectivity index (χ0v) is 8.57. The van der Waals surface area contributed by atoms with Gasteiger partial charge in [0, 0.05) is 6.54 Å². The molecule has 0 amide bonds. The minimum atomic E-state index is 0.773. The number of rotatable bonds is 0. The second-order valence-corrected chi connectivity index (χ2v) is 3.73. The van der Waals surface area contributed by atoms with Crippen LogP contribution in [0.1, 0.15) is 17.2 Å². The number of benzene rings is 1. The van der Waals surface area contributed by atoms with Crippen molar-refractivity contribution >= 4 is 0 Å². The number of para-hydroxylation sites is 1. The molecular weight excluding hydrogens is 188 g/mol. The Hall–Kier alpha value is -1.68. The van der Waals surface area contributed by atoms with Crippen molar-refractivity contribution in [2.75, 3.05) is 0 Å². The molecule has 76 valence electrons. The zero-order chi connectivity index (χ0) is 10.3. The van der Waals surface area contributed by atoms with Gasteiger partial charge in [-0.05, 0) is 18.6 Å². The highest BCUT2D eigenvalue weighted by molar-refractivity contribution is 5.43. The van der Waals surface area contributed by atoms with Crippen LogP contribution < -0.4 is 5.32 Å². The molecule has 0 saturated carbocycles. The normalized spacial score (nSPS) is 14.2. The standard InChI is InChI=1S/C11H12N4/c1-8-13-14-11-7-12-6-9-4-2-3-5-10(9)15(8)11/h2-5,12H,6-7H2,1H3. The fraction of sp³-hybridized carbons (Fsp3) is 0.273. The summed E-state index contributed by atoms with van der Waals surface area (Å²) in [6, 6.07) is 8.36. The molecule has 1 aliphatic heterocycles. The van der Waals surface area contributed by atoms with Crippen LogP contribution in [-0.4, -0.2) is 14.8 Å². The molecule has 4 heteroatoms. The number of hydrogen-bond acceptors (Lipinski definition) is 3. The third-order valence-corrected chi connectivity index (χ3v) is 2.72.